The number of aromatic nitrogens is 4. The monoisotopic (exact) mass is 204 g/mol. The molecule has 0 unspecified atom stereocenters. The normalized spacial score (nSPS) is 10.2. The number of rotatable bonds is 2. The SMILES string of the molecule is Cn1nncc1-c1cccnc1C(=O)O. The van der Waals surface area contributed by atoms with Gasteiger partial charge in [0, 0.05) is 18.8 Å². The summed E-state index contributed by atoms with van der Waals surface area (Å²) in [6, 6.07) is 3.35. The standard InChI is InChI=1S/C9H8N4O2/c1-13-7(5-11-12-13)6-3-2-4-10-8(6)9(14)15/h2-5H,1H3,(H,14,15). The molecular formula is C9H8N4O2. The lowest BCUT2D eigenvalue weighted by molar-refractivity contribution is 0.0691. The zero-order chi connectivity index (χ0) is 10.8. The Morgan fingerprint density at radius 3 is 2.93 bits per heavy atom. The largest absolute Gasteiger partial charge is 0.476 e. The van der Waals surface area contributed by atoms with Crippen molar-refractivity contribution in [2.45, 2.75) is 0 Å². The molecule has 6 heteroatoms. The molecule has 2 rings (SSSR count). The fourth-order valence-corrected chi connectivity index (χ4v) is 1.32. The molecule has 0 saturated carbocycles. The fraction of sp³-hybridized carbons (Fsp3) is 0.111. The van der Waals surface area contributed by atoms with E-state index >= 15 is 0 Å². The lowest BCUT2D eigenvalue weighted by Crippen LogP contribution is -2.04. The summed E-state index contributed by atoms with van der Waals surface area (Å²) in [6.45, 7) is 0. The molecular weight excluding hydrogens is 196 g/mol. The van der Waals surface area contributed by atoms with Crippen LogP contribution in [0, 0.1) is 0 Å². The maximum absolute atomic E-state index is 10.9. The van der Waals surface area contributed by atoms with Crippen LogP contribution in [0.1, 0.15) is 10.5 Å². The molecule has 2 heterocycles. The van der Waals surface area contributed by atoms with Crippen LogP contribution in [0.5, 0.6) is 0 Å². The van der Waals surface area contributed by atoms with Crippen molar-refractivity contribution in [3.05, 3.63) is 30.2 Å². The van der Waals surface area contributed by atoms with Gasteiger partial charge in [0.2, 0.25) is 0 Å². The van der Waals surface area contributed by atoms with Gasteiger partial charge in [0.1, 0.15) is 0 Å². The van der Waals surface area contributed by atoms with E-state index in [9.17, 15) is 4.79 Å². The van der Waals surface area contributed by atoms with Crippen molar-refractivity contribution in [1.82, 2.24) is 20.0 Å². The van der Waals surface area contributed by atoms with Crippen LogP contribution in [-0.2, 0) is 7.05 Å². The van der Waals surface area contributed by atoms with Crippen LogP contribution in [0.25, 0.3) is 11.3 Å². The Morgan fingerprint density at radius 1 is 1.53 bits per heavy atom. The van der Waals surface area contributed by atoms with E-state index in [0.717, 1.165) is 0 Å². The van der Waals surface area contributed by atoms with Gasteiger partial charge in [-0.3, -0.25) is 0 Å². The zero-order valence-electron chi connectivity index (χ0n) is 7.95. The third-order valence-electron chi connectivity index (χ3n) is 2.00. The highest BCUT2D eigenvalue weighted by Crippen LogP contribution is 2.19. The molecule has 0 atom stereocenters. The molecule has 1 N–H and O–H groups in total. The number of aryl methyl sites for hydroxylation is 1. The van der Waals surface area contributed by atoms with Crippen LogP contribution >= 0.6 is 0 Å². The summed E-state index contributed by atoms with van der Waals surface area (Å²) in [7, 11) is 1.70. The second kappa shape index (κ2) is 3.49. The Kier molecular flexibility index (Phi) is 2.17. The average molecular weight is 204 g/mol. The number of pyridine rings is 1. The molecule has 0 fully saturated rings. The summed E-state index contributed by atoms with van der Waals surface area (Å²) >= 11 is 0. The van der Waals surface area contributed by atoms with E-state index in [4.69, 9.17) is 5.11 Å². The number of hydrogen-bond donors (Lipinski definition) is 1. The molecule has 0 amide bonds. The third-order valence-corrected chi connectivity index (χ3v) is 2.00. The number of carboxylic acid groups (broad SMARTS) is 1. The Morgan fingerprint density at radius 2 is 2.33 bits per heavy atom. The molecule has 0 aliphatic carbocycles. The van der Waals surface area contributed by atoms with Crippen molar-refractivity contribution in [1.29, 1.82) is 0 Å². The van der Waals surface area contributed by atoms with Crippen LogP contribution in [0.3, 0.4) is 0 Å². The second-order valence-electron chi connectivity index (χ2n) is 2.95. The van der Waals surface area contributed by atoms with Gasteiger partial charge in [-0.15, -0.1) is 5.10 Å². The van der Waals surface area contributed by atoms with Crippen molar-refractivity contribution < 1.29 is 9.90 Å². The number of nitrogens with zero attached hydrogens (tertiary/aromatic N) is 4. The molecule has 76 valence electrons. The van der Waals surface area contributed by atoms with E-state index in [2.05, 4.69) is 15.3 Å². The van der Waals surface area contributed by atoms with Crippen LogP contribution in [0.2, 0.25) is 0 Å². The van der Waals surface area contributed by atoms with Crippen molar-refractivity contribution in [3.8, 4) is 11.3 Å². The summed E-state index contributed by atoms with van der Waals surface area (Å²) in [5, 5.41) is 16.4. The van der Waals surface area contributed by atoms with Crippen molar-refractivity contribution in [2.75, 3.05) is 0 Å². The molecule has 0 saturated heterocycles. The molecule has 0 aliphatic rings. The summed E-state index contributed by atoms with van der Waals surface area (Å²) in [6.07, 6.45) is 2.94. The van der Waals surface area contributed by atoms with E-state index in [1.54, 1.807) is 19.2 Å². The Bertz CT molecular complexity index is 506. The molecule has 0 spiro atoms. The van der Waals surface area contributed by atoms with E-state index < -0.39 is 5.97 Å². The molecule has 15 heavy (non-hydrogen) atoms. The molecule has 6 nitrogen and oxygen atoms in total. The molecule has 0 radical (unpaired) electrons. The number of hydrogen-bond acceptors (Lipinski definition) is 4. The van der Waals surface area contributed by atoms with E-state index in [1.165, 1.54) is 17.1 Å². The summed E-state index contributed by atoms with van der Waals surface area (Å²) < 4.78 is 1.50. The second-order valence-corrected chi connectivity index (χ2v) is 2.95. The van der Waals surface area contributed by atoms with E-state index in [0.29, 0.717) is 11.3 Å². The van der Waals surface area contributed by atoms with Crippen LogP contribution in [0.15, 0.2) is 24.5 Å². The number of aromatic carboxylic acids is 1. The summed E-state index contributed by atoms with van der Waals surface area (Å²) in [5.41, 5.74) is 1.14. The van der Waals surface area contributed by atoms with Gasteiger partial charge in [0.05, 0.1) is 11.9 Å². The molecule has 0 aliphatic heterocycles. The predicted octanol–water partition coefficient (Wildman–Crippen LogP) is 0.575. The first kappa shape index (κ1) is 9.32. The van der Waals surface area contributed by atoms with Crippen LogP contribution < -0.4 is 0 Å². The maximum atomic E-state index is 10.9. The van der Waals surface area contributed by atoms with Crippen LogP contribution in [0.4, 0.5) is 0 Å². The van der Waals surface area contributed by atoms with Crippen molar-refractivity contribution in [3.63, 3.8) is 0 Å². The Labute approximate surface area is 85.2 Å². The van der Waals surface area contributed by atoms with Gasteiger partial charge in [-0.2, -0.15) is 0 Å². The van der Waals surface area contributed by atoms with Crippen molar-refractivity contribution in [2.24, 2.45) is 7.05 Å². The quantitative estimate of drug-likeness (QED) is 0.773. The van der Waals surface area contributed by atoms with Gasteiger partial charge in [0.25, 0.3) is 0 Å². The van der Waals surface area contributed by atoms with Gasteiger partial charge in [0.15, 0.2) is 5.69 Å². The highest BCUT2D eigenvalue weighted by molar-refractivity contribution is 5.93. The highest BCUT2D eigenvalue weighted by atomic mass is 16.4. The fourth-order valence-electron chi connectivity index (χ4n) is 1.32. The van der Waals surface area contributed by atoms with E-state index in [1.807, 2.05) is 0 Å². The molecule has 2 aromatic rings. The topological polar surface area (TPSA) is 80.9 Å². The van der Waals surface area contributed by atoms with Gasteiger partial charge >= 0.3 is 5.97 Å². The minimum absolute atomic E-state index is 0.00269. The first-order chi connectivity index (χ1) is 7.20. The van der Waals surface area contributed by atoms with Gasteiger partial charge < -0.3 is 5.11 Å². The minimum Gasteiger partial charge on any atom is -0.476 e. The van der Waals surface area contributed by atoms with Crippen LogP contribution in [-0.4, -0.2) is 31.1 Å². The van der Waals surface area contributed by atoms with Gasteiger partial charge in [-0.1, -0.05) is 5.21 Å². The minimum atomic E-state index is -1.06. The first-order valence-electron chi connectivity index (χ1n) is 4.23. The molecule has 0 bridgehead atoms. The van der Waals surface area contributed by atoms with Gasteiger partial charge in [-0.25, -0.2) is 14.5 Å². The summed E-state index contributed by atoms with van der Waals surface area (Å²) in [4.78, 5) is 14.7. The highest BCUT2D eigenvalue weighted by Gasteiger charge is 2.15. The lowest BCUT2D eigenvalue weighted by Gasteiger charge is -2.03. The number of carboxylic acids is 1. The summed E-state index contributed by atoms with van der Waals surface area (Å²) in [5.74, 6) is -1.06. The maximum Gasteiger partial charge on any atom is 0.355 e. The molecule has 2 aromatic heterocycles. The molecule has 0 aromatic carbocycles. The average Bonchev–Trinajstić information content (AvgIpc) is 2.64. The third kappa shape index (κ3) is 1.56. The van der Waals surface area contributed by atoms with E-state index in [-0.39, 0.29) is 5.69 Å². The Hall–Kier alpha value is -2.24. The van der Waals surface area contributed by atoms with Crippen molar-refractivity contribution >= 4 is 5.97 Å². The Balaban J connectivity index is 2.63. The predicted molar refractivity (Wildman–Crippen MR) is 51.2 cm³/mol. The lowest BCUT2D eigenvalue weighted by atomic mass is 10.1. The number of carbonyl (C=O) groups is 1. The van der Waals surface area contributed by atoms with Gasteiger partial charge in [-0.05, 0) is 12.1 Å². The zero-order valence-corrected chi connectivity index (χ0v) is 7.95. The first-order valence-corrected chi connectivity index (χ1v) is 4.23. The smallest absolute Gasteiger partial charge is 0.355 e.